The molecule has 166 valence electrons. The van der Waals surface area contributed by atoms with Crippen molar-refractivity contribution in [2.24, 2.45) is 5.41 Å². The minimum absolute atomic E-state index is 0.00521. The molecule has 0 aliphatic rings. The van der Waals surface area contributed by atoms with Crippen LogP contribution in [0.1, 0.15) is 41.6 Å². The molecule has 0 bridgehead atoms. The van der Waals surface area contributed by atoms with Crippen molar-refractivity contribution < 1.29 is 28.9 Å². The van der Waals surface area contributed by atoms with Gasteiger partial charge in [-0.05, 0) is 24.3 Å². The number of nitrogens with one attached hydrogen (secondary N) is 2. The first-order valence-electron chi connectivity index (χ1n) is 10.1. The standard InChI is InChI=1S/C22H32N2O6/c1-22(2,3)20(26)16-4-5-18-17(14-16)15-19(24-18)21(27)23-6-8-28-10-12-30-13-11-29-9-7-25/h4-5,14-15,24-25H,6-13H2,1-3H3,(H,23,27). The number of hydrogen-bond donors (Lipinski definition) is 3. The minimum atomic E-state index is -0.455. The van der Waals surface area contributed by atoms with E-state index in [0.29, 0.717) is 57.4 Å². The van der Waals surface area contributed by atoms with Crippen LogP contribution < -0.4 is 5.32 Å². The number of aromatic amines is 1. The molecule has 0 saturated carbocycles. The summed E-state index contributed by atoms with van der Waals surface area (Å²) in [5.41, 5.74) is 1.43. The molecule has 1 amide bonds. The summed E-state index contributed by atoms with van der Waals surface area (Å²) in [5.74, 6) is -0.161. The van der Waals surface area contributed by atoms with Gasteiger partial charge in [0.2, 0.25) is 0 Å². The van der Waals surface area contributed by atoms with Crippen molar-refractivity contribution in [2.45, 2.75) is 20.8 Å². The van der Waals surface area contributed by atoms with Gasteiger partial charge in [-0.1, -0.05) is 20.8 Å². The number of H-pyrrole nitrogens is 1. The lowest BCUT2D eigenvalue weighted by atomic mass is 9.86. The molecule has 0 fully saturated rings. The number of aromatic nitrogens is 1. The molecule has 0 radical (unpaired) electrons. The smallest absolute Gasteiger partial charge is 0.267 e. The number of aliphatic hydroxyl groups excluding tert-OH is 1. The molecule has 0 unspecified atom stereocenters. The molecule has 0 atom stereocenters. The monoisotopic (exact) mass is 420 g/mol. The largest absolute Gasteiger partial charge is 0.394 e. The lowest BCUT2D eigenvalue weighted by Crippen LogP contribution is -2.27. The number of aliphatic hydroxyl groups is 1. The molecule has 0 saturated heterocycles. The Morgan fingerprint density at radius 3 is 2.23 bits per heavy atom. The summed E-state index contributed by atoms with van der Waals surface area (Å²) in [6.45, 7) is 8.48. The quantitative estimate of drug-likeness (QED) is 0.338. The SMILES string of the molecule is CC(C)(C)C(=O)c1ccc2[nH]c(C(=O)NCCOCCOCCOCCO)cc2c1. The second kappa shape index (κ2) is 11.8. The van der Waals surface area contributed by atoms with Crippen LogP contribution >= 0.6 is 0 Å². The highest BCUT2D eigenvalue weighted by molar-refractivity contribution is 6.04. The lowest BCUT2D eigenvalue weighted by molar-refractivity contribution is 0.00824. The summed E-state index contributed by atoms with van der Waals surface area (Å²) in [4.78, 5) is 27.9. The van der Waals surface area contributed by atoms with Crippen molar-refractivity contribution >= 4 is 22.6 Å². The average Bonchev–Trinajstić information content (AvgIpc) is 3.14. The Labute approximate surface area is 176 Å². The molecular formula is C22H32N2O6. The number of carbonyl (C=O) groups excluding carboxylic acids is 2. The molecule has 1 heterocycles. The van der Waals surface area contributed by atoms with Crippen LogP contribution in [0.25, 0.3) is 10.9 Å². The van der Waals surface area contributed by atoms with E-state index in [-0.39, 0.29) is 18.3 Å². The van der Waals surface area contributed by atoms with Crippen LogP contribution in [-0.2, 0) is 14.2 Å². The Bertz CT molecular complexity index is 825. The third-order valence-electron chi connectivity index (χ3n) is 4.32. The maximum Gasteiger partial charge on any atom is 0.267 e. The van der Waals surface area contributed by atoms with Crippen molar-refractivity contribution in [3.8, 4) is 0 Å². The molecule has 0 aliphatic heterocycles. The first-order valence-corrected chi connectivity index (χ1v) is 10.1. The number of rotatable bonds is 13. The highest BCUT2D eigenvalue weighted by Crippen LogP contribution is 2.24. The van der Waals surface area contributed by atoms with Crippen molar-refractivity contribution in [3.63, 3.8) is 0 Å². The summed E-state index contributed by atoms with van der Waals surface area (Å²) < 4.78 is 15.8. The Morgan fingerprint density at radius 1 is 0.967 bits per heavy atom. The number of ketones is 1. The first kappa shape index (κ1) is 24.0. The van der Waals surface area contributed by atoms with Gasteiger partial charge in [-0.2, -0.15) is 0 Å². The number of hydrogen-bond acceptors (Lipinski definition) is 6. The Kier molecular flexibility index (Phi) is 9.45. The first-order chi connectivity index (χ1) is 14.3. The third-order valence-corrected chi connectivity index (χ3v) is 4.32. The molecular weight excluding hydrogens is 388 g/mol. The molecule has 1 aromatic heterocycles. The van der Waals surface area contributed by atoms with Gasteiger partial charge in [0.25, 0.3) is 5.91 Å². The van der Waals surface area contributed by atoms with Gasteiger partial charge in [-0.3, -0.25) is 9.59 Å². The molecule has 2 rings (SSSR count). The van der Waals surface area contributed by atoms with Crippen LogP contribution in [0.5, 0.6) is 0 Å². The molecule has 0 spiro atoms. The molecule has 8 nitrogen and oxygen atoms in total. The van der Waals surface area contributed by atoms with E-state index in [2.05, 4.69) is 10.3 Å². The second-order valence-electron chi connectivity index (χ2n) is 7.88. The van der Waals surface area contributed by atoms with Crippen LogP contribution in [-0.4, -0.2) is 74.6 Å². The van der Waals surface area contributed by atoms with E-state index >= 15 is 0 Å². The summed E-state index contributed by atoms with van der Waals surface area (Å²) in [7, 11) is 0. The van der Waals surface area contributed by atoms with Crippen LogP contribution in [0.15, 0.2) is 24.3 Å². The van der Waals surface area contributed by atoms with Crippen LogP contribution in [0.2, 0.25) is 0 Å². The minimum Gasteiger partial charge on any atom is -0.394 e. The van der Waals surface area contributed by atoms with Crippen molar-refractivity contribution in [3.05, 3.63) is 35.5 Å². The predicted molar refractivity (Wildman–Crippen MR) is 114 cm³/mol. The number of carbonyl (C=O) groups is 2. The summed E-state index contributed by atoms with van der Waals surface area (Å²) in [6, 6.07) is 7.16. The number of amides is 1. The van der Waals surface area contributed by atoms with Gasteiger partial charge < -0.3 is 29.6 Å². The highest BCUT2D eigenvalue weighted by atomic mass is 16.5. The molecule has 1 aromatic carbocycles. The fourth-order valence-electron chi connectivity index (χ4n) is 2.77. The Balaban J connectivity index is 1.71. The van der Waals surface area contributed by atoms with Crippen LogP contribution in [0, 0.1) is 5.41 Å². The zero-order valence-corrected chi connectivity index (χ0v) is 18.0. The van der Waals surface area contributed by atoms with Crippen molar-refractivity contribution in [2.75, 3.05) is 52.8 Å². The fraction of sp³-hybridized carbons (Fsp3) is 0.545. The summed E-state index contributed by atoms with van der Waals surface area (Å²) in [5, 5.41) is 12.2. The molecule has 0 aliphatic carbocycles. The van der Waals surface area contributed by atoms with E-state index < -0.39 is 5.41 Å². The van der Waals surface area contributed by atoms with Gasteiger partial charge in [-0.15, -0.1) is 0 Å². The normalized spacial score (nSPS) is 11.7. The summed E-state index contributed by atoms with van der Waals surface area (Å²) >= 11 is 0. The van der Waals surface area contributed by atoms with Crippen LogP contribution in [0.4, 0.5) is 0 Å². The van der Waals surface area contributed by atoms with E-state index in [1.807, 2.05) is 32.9 Å². The number of ether oxygens (including phenoxy) is 3. The van der Waals surface area contributed by atoms with Gasteiger partial charge >= 0.3 is 0 Å². The molecule has 3 N–H and O–H groups in total. The fourth-order valence-corrected chi connectivity index (χ4v) is 2.77. The highest BCUT2D eigenvalue weighted by Gasteiger charge is 2.23. The Hall–Kier alpha value is -2.26. The maximum atomic E-state index is 12.5. The van der Waals surface area contributed by atoms with Gasteiger partial charge in [0, 0.05) is 28.4 Å². The average molecular weight is 421 g/mol. The van der Waals surface area contributed by atoms with Gasteiger partial charge in [0.05, 0.1) is 46.2 Å². The number of Topliss-reactive ketones (excluding diaryl/α,β-unsaturated/α-hetero) is 1. The number of benzene rings is 1. The lowest BCUT2D eigenvalue weighted by Gasteiger charge is -2.16. The van der Waals surface area contributed by atoms with Crippen molar-refractivity contribution in [1.82, 2.24) is 10.3 Å². The van der Waals surface area contributed by atoms with Crippen molar-refractivity contribution in [1.29, 1.82) is 0 Å². The predicted octanol–water partition coefficient (Wildman–Crippen LogP) is 2.17. The van der Waals surface area contributed by atoms with Gasteiger partial charge in [-0.25, -0.2) is 0 Å². The van der Waals surface area contributed by atoms with E-state index in [1.165, 1.54) is 0 Å². The third kappa shape index (κ3) is 7.53. The Morgan fingerprint density at radius 2 is 1.60 bits per heavy atom. The van der Waals surface area contributed by atoms with E-state index in [0.717, 1.165) is 10.9 Å². The number of fused-ring (bicyclic) bond motifs is 1. The van der Waals surface area contributed by atoms with Gasteiger partial charge in [0.1, 0.15) is 5.69 Å². The zero-order valence-electron chi connectivity index (χ0n) is 18.0. The summed E-state index contributed by atoms with van der Waals surface area (Å²) in [6.07, 6.45) is 0. The zero-order chi connectivity index (χ0) is 22.0. The second-order valence-corrected chi connectivity index (χ2v) is 7.88. The van der Waals surface area contributed by atoms with Gasteiger partial charge in [0.15, 0.2) is 5.78 Å². The molecule has 30 heavy (non-hydrogen) atoms. The van der Waals surface area contributed by atoms with E-state index in [9.17, 15) is 9.59 Å². The molecule has 8 heteroatoms. The maximum absolute atomic E-state index is 12.5. The molecule has 2 aromatic rings. The topological polar surface area (TPSA) is 110 Å². The van der Waals surface area contributed by atoms with Crippen LogP contribution in [0.3, 0.4) is 0 Å². The van der Waals surface area contributed by atoms with E-state index in [4.69, 9.17) is 19.3 Å². The van der Waals surface area contributed by atoms with E-state index in [1.54, 1.807) is 12.1 Å².